The Labute approximate surface area is 233 Å². The molecule has 0 saturated heterocycles. The fourth-order valence-electron chi connectivity index (χ4n) is 3.45. The van der Waals surface area contributed by atoms with Crippen molar-refractivity contribution in [3.63, 3.8) is 0 Å². The molecule has 1 aromatic heterocycles. The van der Waals surface area contributed by atoms with Gasteiger partial charge in [-0.15, -0.1) is 11.3 Å². The lowest BCUT2D eigenvalue weighted by Crippen LogP contribution is -2.15. The van der Waals surface area contributed by atoms with E-state index in [-0.39, 0.29) is 34.4 Å². The number of ether oxygens (including phenoxy) is 4. The van der Waals surface area contributed by atoms with E-state index in [9.17, 15) is 14.4 Å². The maximum Gasteiger partial charge on any atom is 0.341 e. The van der Waals surface area contributed by atoms with Gasteiger partial charge in [0, 0.05) is 17.5 Å². The first-order valence-corrected chi connectivity index (χ1v) is 12.9. The van der Waals surface area contributed by atoms with Gasteiger partial charge in [0.1, 0.15) is 22.2 Å². The van der Waals surface area contributed by atoms with Gasteiger partial charge in [-0.3, -0.25) is 9.59 Å². The minimum Gasteiger partial charge on any atom is -0.497 e. The summed E-state index contributed by atoms with van der Waals surface area (Å²) < 4.78 is 21.0. The standard InChI is InChI=1S/C26H26Cl2N2O7S/c1-14-22(26(33)36-4)25(30-21(31)6-5-11-37-19-9-7-15(27)12-17(19)28)38-23(14)24(32)29-18-13-16(34-2)8-10-20(18)35-3/h7-10,12-13H,5-6,11H2,1-4H3,(H,29,32)(H,30,31). The second-order valence-corrected chi connectivity index (χ2v) is 9.71. The van der Waals surface area contributed by atoms with E-state index in [1.54, 1.807) is 43.3 Å². The number of methoxy groups -OCH3 is 3. The predicted octanol–water partition coefficient (Wildman–Crippen LogP) is 6.22. The first-order valence-electron chi connectivity index (χ1n) is 11.3. The lowest BCUT2D eigenvalue weighted by molar-refractivity contribution is -0.116. The molecule has 9 nitrogen and oxygen atoms in total. The van der Waals surface area contributed by atoms with Crippen LogP contribution in [0.5, 0.6) is 17.2 Å². The zero-order valence-corrected chi connectivity index (χ0v) is 23.4. The van der Waals surface area contributed by atoms with Gasteiger partial charge in [-0.1, -0.05) is 23.2 Å². The summed E-state index contributed by atoms with van der Waals surface area (Å²) in [6, 6.07) is 9.84. The van der Waals surface area contributed by atoms with Crippen molar-refractivity contribution in [1.82, 2.24) is 0 Å². The third-order valence-corrected chi connectivity index (χ3v) is 7.09. The van der Waals surface area contributed by atoms with E-state index in [2.05, 4.69) is 10.6 Å². The maximum atomic E-state index is 13.2. The number of carbonyl (C=O) groups excluding carboxylic acids is 3. The van der Waals surface area contributed by atoms with Crippen molar-refractivity contribution in [2.24, 2.45) is 0 Å². The van der Waals surface area contributed by atoms with Gasteiger partial charge in [0.2, 0.25) is 5.91 Å². The van der Waals surface area contributed by atoms with Crippen molar-refractivity contribution in [2.45, 2.75) is 19.8 Å². The van der Waals surface area contributed by atoms with Crippen LogP contribution in [0.4, 0.5) is 10.7 Å². The Bertz CT molecular complexity index is 1340. The maximum absolute atomic E-state index is 13.2. The number of carbonyl (C=O) groups is 3. The fraction of sp³-hybridized carbons (Fsp3) is 0.269. The summed E-state index contributed by atoms with van der Waals surface area (Å²) in [5, 5.41) is 6.57. The highest BCUT2D eigenvalue weighted by Gasteiger charge is 2.27. The van der Waals surface area contributed by atoms with Crippen molar-refractivity contribution in [3.05, 3.63) is 62.4 Å². The van der Waals surface area contributed by atoms with Gasteiger partial charge in [-0.05, 0) is 49.2 Å². The zero-order valence-electron chi connectivity index (χ0n) is 21.1. The number of anilines is 2. The number of hydrogen-bond donors (Lipinski definition) is 2. The van der Waals surface area contributed by atoms with E-state index < -0.39 is 11.9 Å². The van der Waals surface area contributed by atoms with Gasteiger partial charge < -0.3 is 29.6 Å². The highest BCUT2D eigenvalue weighted by Crippen LogP contribution is 2.36. The Hall–Kier alpha value is -3.47. The van der Waals surface area contributed by atoms with E-state index in [0.29, 0.717) is 45.0 Å². The van der Waals surface area contributed by atoms with Gasteiger partial charge in [0.15, 0.2) is 0 Å². The van der Waals surface area contributed by atoms with Crippen LogP contribution in [0.1, 0.15) is 38.4 Å². The van der Waals surface area contributed by atoms with E-state index in [1.807, 2.05) is 0 Å². The minimum absolute atomic E-state index is 0.102. The molecular weight excluding hydrogens is 555 g/mol. The topological polar surface area (TPSA) is 112 Å². The average Bonchev–Trinajstić information content (AvgIpc) is 3.22. The van der Waals surface area contributed by atoms with Crippen molar-refractivity contribution in [1.29, 1.82) is 0 Å². The quantitative estimate of drug-likeness (QED) is 0.204. The fourth-order valence-corrected chi connectivity index (χ4v) is 5.02. The summed E-state index contributed by atoms with van der Waals surface area (Å²) in [5.41, 5.74) is 0.866. The molecule has 2 amide bonds. The van der Waals surface area contributed by atoms with Crippen LogP contribution in [0.25, 0.3) is 0 Å². The van der Waals surface area contributed by atoms with Crippen LogP contribution in [-0.4, -0.2) is 45.7 Å². The second-order valence-electron chi connectivity index (χ2n) is 7.85. The summed E-state index contributed by atoms with van der Waals surface area (Å²) in [7, 11) is 4.21. The molecule has 0 saturated carbocycles. The molecule has 12 heteroatoms. The molecular formula is C26H26Cl2N2O7S. The number of halogens is 2. The molecule has 0 spiro atoms. The molecule has 38 heavy (non-hydrogen) atoms. The number of hydrogen-bond acceptors (Lipinski definition) is 8. The summed E-state index contributed by atoms with van der Waals surface area (Å²) >= 11 is 12.9. The lowest BCUT2D eigenvalue weighted by Gasteiger charge is -2.11. The van der Waals surface area contributed by atoms with Crippen LogP contribution in [0.3, 0.4) is 0 Å². The molecule has 2 aromatic carbocycles. The van der Waals surface area contributed by atoms with Crippen molar-refractivity contribution >= 4 is 63.0 Å². The third kappa shape index (κ3) is 7.09. The second kappa shape index (κ2) is 13.4. The Morgan fingerprint density at radius 3 is 2.34 bits per heavy atom. The van der Waals surface area contributed by atoms with Crippen LogP contribution < -0.4 is 24.8 Å². The molecule has 0 unspecified atom stereocenters. The van der Waals surface area contributed by atoms with Crippen molar-refractivity contribution < 1.29 is 33.3 Å². The molecule has 0 radical (unpaired) electrons. The lowest BCUT2D eigenvalue weighted by atomic mass is 10.1. The molecule has 0 fully saturated rings. The summed E-state index contributed by atoms with van der Waals surface area (Å²) in [5.74, 6) is -0.109. The van der Waals surface area contributed by atoms with Crippen LogP contribution >= 0.6 is 34.5 Å². The molecule has 3 aromatic rings. The van der Waals surface area contributed by atoms with E-state index >= 15 is 0 Å². The van der Waals surface area contributed by atoms with Gasteiger partial charge >= 0.3 is 5.97 Å². The largest absolute Gasteiger partial charge is 0.497 e. The Kier molecular flexibility index (Phi) is 10.2. The normalized spacial score (nSPS) is 10.5. The molecule has 1 heterocycles. The van der Waals surface area contributed by atoms with E-state index in [0.717, 1.165) is 11.3 Å². The SMILES string of the molecule is COC(=O)c1c(NC(=O)CCCOc2ccc(Cl)cc2Cl)sc(C(=O)Nc2cc(OC)ccc2OC)c1C. The number of thiophene rings is 1. The van der Waals surface area contributed by atoms with Gasteiger partial charge in [-0.2, -0.15) is 0 Å². The first kappa shape index (κ1) is 29.1. The Morgan fingerprint density at radius 2 is 1.68 bits per heavy atom. The number of rotatable bonds is 11. The first-order chi connectivity index (χ1) is 18.2. The minimum atomic E-state index is -0.673. The number of esters is 1. The van der Waals surface area contributed by atoms with Gasteiger partial charge in [0.25, 0.3) is 5.91 Å². The Morgan fingerprint density at radius 1 is 0.947 bits per heavy atom. The molecule has 0 atom stereocenters. The summed E-state index contributed by atoms with van der Waals surface area (Å²) in [6.45, 7) is 1.85. The summed E-state index contributed by atoms with van der Waals surface area (Å²) in [6.07, 6.45) is 0.483. The molecule has 3 rings (SSSR count). The molecule has 2 N–H and O–H groups in total. The van der Waals surface area contributed by atoms with Crippen molar-refractivity contribution in [2.75, 3.05) is 38.6 Å². The smallest absolute Gasteiger partial charge is 0.341 e. The zero-order chi connectivity index (χ0) is 27.8. The van der Waals surface area contributed by atoms with Crippen LogP contribution in [0, 0.1) is 6.92 Å². The summed E-state index contributed by atoms with van der Waals surface area (Å²) in [4.78, 5) is 38.5. The monoisotopic (exact) mass is 580 g/mol. The number of amides is 2. The molecule has 0 bridgehead atoms. The van der Waals surface area contributed by atoms with Gasteiger partial charge in [0.05, 0.1) is 49.1 Å². The Balaban J connectivity index is 1.71. The van der Waals surface area contributed by atoms with E-state index in [4.69, 9.17) is 42.1 Å². The molecule has 202 valence electrons. The molecule has 0 aliphatic carbocycles. The average molecular weight is 581 g/mol. The predicted molar refractivity (Wildman–Crippen MR) is 148 cm³/mol. The molecule has 0 aliphatic heterocycles. The number of nitrogens with one attached hydrogen (secondary N) is 2. The van der Waals surface area contributed by atoms with Crippen LogP contribution in [0.2, 0.25) is 10.0 Å². The van der Waals surface area contributed by atoms with E-state index in [1.165, 1.54) is 21.3 Å². The van der Waals surface area contributed by atoms with Crippen LogP contribution in [-0.2, 0) is 9.53 Å². The van der Waals surface area contributed by atoms with Crippen molar-refractivity contribution in [3.8, 4) is 17.2 Å². The third-order valence-electron chi connectivity index (χ3n) is 5.35. The number of benzene rings is 2. The highest BCUT2D eigenvalue weighted by atomic mass is 35.5. The van der Waals surface area contributed by atoms with Crippen LogP contribution in [0.15, 0.2) is 36.4 Å². The highest BCUT2D eigenvalue weighted by molar-refractivity contribution is 7.19. The van der Waals surface area contributed by atoms with Gasteiger partial charge in [-0.25, -0.2) is 4.79 Å². The molecule has 0 aliphatic rings.